The summed E-state index contributed by atoms with van der Waals surface area (Å²) >= 11 is 0. The van der Waals surface area contributed by atoms with Crippen LogP contribution in [0.2, 0.25) is 0 Å². The zero-order valence-electron chi connectivity index (χ0n) is 17.1. The highest BCUT2D eigenvalue weighted by Crippen LogP contribution is 2.57. The Kier molecular flexibility index (Phi) is 4.87. The molecule has 1 aliphatic carbocycles. The van der Waals surface area contributed by atoms with Gasteiger partial charge in [-0.15, -0.1) is 0 Å². The van der Waals surface area contributed by atoms with E-state index < -0.39 is 11.1 Å². The number of pyridine rings is 1. The molecular weight excluding hydrogens is 339 g/mol. The van der Waals surface area contributed by atoms with Gasteiger partial charge in [-0.2, -0.15) is 0 Å². The molecule has 0 radical (unpaired) electrons. The molecule has 0 bridgehead atoms. The van der Waals surface area contributed by atoms with Crippen molar-refractivity contribution < 1.29 is 9.18 Å². The van der Waals surface area contributed by atoms with E-state index in [9.17, 15) is 4.79 Å². The molecule has 1 aromatic heterocycles. The first-order valence-corrected chi connectivity index (χ1v) is 9.65. The van der Waals surface area contributed by atoms with Crippen LogP contribution in [0.25, 0.3) is 0 Å². The van der Waals surface area contributed by atoms with E-state index in [0.29, 0.717) is 23.1 Å². The molecule has 1 atom stereocenters. The van der Waals surface area contributed by atoms with Crippen LogP contribution in [0, 0.1) is 5.41 Å². The number of halogens is 1. The zero-order chi connectivity index (χ0) is 20.0. The first-order chi connectivity index (χ1) is 12.6. The highest BCUT2D eigenvalue weighted by atomic mass is 19.1. The van der Waals surface area contributed by atoms with E-state index in [1.807, 2.05) is 65.8 Å². The van der Waals surface area contributed by atoms with Crippen LogP contribution in [-0.4, -0.2) is 27.9 Å². The minimum Gasteiger partial charge on any atom is -0.334 e. The van der Waals surface area contributed by atoms with Crippen molar-refractivity contribution in [2.24, 2.45) is 5.41 Å². The Morgan fingerprint density at radius 1 is 1.07 bits per heavy atom. The topological polar surface area (TPSA) is 33.2 Å². The average molecular weight is 368 g/mol. The maximum Gasteiger partial charge on any atom is 0.254 e. The Morgan fingerprint density at radius 3 is 2.33 bits per heavy atom. The number of alkyl halides is 1. The van der Waals surface area contributed by atoms with Crippen molar-refractivity contribution in [2.45, 2.75) is 65.7 Å². The second kappa shape index (κ2) is 6.74. The van der Waals surface area contributed by atoms with Crippen molar-refractivity contribution in [3.63, 3.8) is 0 Å². The third-order valence-corrected chi connectivity index (χ3v) is 5.72. The van der Waals surface area contributed by atoms with E-state index in [2.05, 4.69) is 4.98 Å². The summed E-state index contributed by atoms with van der Waals surface area (Å²) in [6.45, 7) is 11.8. The molecule has 0 spiro atoms. The first kappa shape index (κ1) is 19.5. The van der Waals surface area contributed by atoms with Gasteiger partial charge in [0.25, 0.3) is 5.91 Å². The molecule has 0 N–H and O–H groups in total. The molecule has 0 saturated heterocycles. The minimum absolute atomic E-state index is 0.0259. The summed E-state index contributed by atoms with van der Waals surface area (Å²) in [6, 6.07) is 9.33. The van der Waals surface area contributed by atoms with Gasteiger partial charge in [-0.25, -0.2) is 4.39 Å². The number of hydrogen-bond acceptors (Lipinski definition) is 2. The number of fused-ring (bicyclic) bond motifs is 1. The van der Waals surface area contributed by atoms with Crippen LogP contribution >= 0.6 is 0 Å². The van der Waals surface area contributed by atoms with E-state index in [1.54, 1.807) is 17.2 Å². The Balaban J connectivity index is 2.21. The van der Waals surface area contributed by atoms with Gasteiger partial charge in [0.05, 0.1) is 0 Å². The van der Waals surface area contributed by atoms with E-state index in [4.69, 9.17) is 0 Å². The standard InChI is InChI=1S/C23H29FN2O/c1-15(2)26(16(3)4)21(27)18-11-12-25-14-20(18)23(24)19-10-8-7-9-17(19)13-22(23,5)6/h7-12,14-16H,13H2,1-6H3. The van der Waals surface area contributed by atoms with Crippen molar-refractivity contribution in [2.75, 3.05) is 0 Å². The van der Waals surface area contributed by atoms with Gasteiger partial charge in [0.15, 0.2) is 5.67 Å². The first-order valence-electron chi connectivity index (χ1n) is 9.65. The van der Waals surface area contributed by atoms with E-state index in [-0.39, 0.29) is 18.0 Å². The molecule has 3 rings (SSSR count). The van der Waals surface area contributed by atoms with Crippen LogP contribution in [0.3, 0.4) is 0 Å². The number of hydrogen-bond donors (Lipinski definition) is 0. The lowest BCUT2D eigenvalue weighted by Crippen LogP contribution is -2.44. The molecule has 144 valence electrons. The van der Waals surface area contributed by atoms with Gasteiger partial charge in [-0.1, -0.05) is 38.1 Å². The van der Waals surface area contributed by atoms with E-state index >= 15 is 4.39 Å². The Bertz CT molecular complexity index is 851. The van der Waals surface area contributed by atoms with Crippen molar-refractivity contribution in [3.8, 4) is 0 Å². The average Bonchev–Trinajstić information content (AvgIpc) is 2.81. The van der Waals surface area contributed by atoms with Crippen LogP contribution in [0.5, 0.6) is 0 Å². The molecule has 4 heteroatoms. The SMILES string of the molecule is CC(C)N(C(=O)c1ccncc1C1(F)c2ccccc2CC1(C)C)C(C)C. The molecule has 1 aliphatic rings. The van der Waals surface area contributed by atoms with Gasteiger partial charge < -0.3 is 4.90 Å². The lowest BCUT2D eigenvalue weighted by Gasteiger charge is -2.38. The summed E-state index contributed by atoms with van der Waals surface area (Å²) in [5.41, 5.74) is -0.0111. The second-order valence-corrected chi connectivity index (χ2v) is 8.70. The summed E-state index contributed by atoms with van der Waals surface area (Å²) < 4.78 is 16.9. The fraction of sp³-hybridized carbons (Fsp3) is 0.478. The van der Waals surface area contributed by atoms with E-state index in [1.165, 1.54) is 6.20 Å². The maximum absolute atomic E-state index is 16.9. The van der Waals surface area contributed by atoms with Crippen LogP contribution in [-0.2, 0) is 12.1 Å². The largest absolute Gasteiger partial charge is 0.334 e. The highest BCUT2D eigenvalue weighted by Gasteiger charge is 2.55. The lowest BCUT2D eigenvalue weighted by atomic mass is 9.72. The molecule has 1 unspecified atom stereocenters. The Morgan fingerprint density at radius 2 is 1.70 bits per heavy atom. The fourth-order valence-electron chi connectivity index (χ4n) is 4.54. The summed E-state index contributed by atoms with van der Waals surface area (Å²) in [5, 5.41) is 0. The van der Waals surface area contributed by atoms with Gasteiger partial charge in [0, 0.05) is 41.0 Å². The number of carbonyl (C=O) groups excluding carboxylic acids is 1. The number of amides is 1. The summed E-state index contributed by atoms with van der Waals surface area (Å²) in [7, 11) is 0. The fourth-order valence-corrected chi connectivity index (χ4v) is 4.54. The lowest BCUT2D eigenvalue weighted by molar-refractivity contribution is 0.0584. The van der Waals surface area contributed by atoms with Gasteiger partial charge in [-0.05, 0) is 51.3 Å². The molecule has 3 nitrogen and oxygen atoms in total. The summed E-state index contributed by atoms with van der Waals surface area (Å²) in [6.07, 6.45) is 3.74. The van der Waals surface area contributed by atoms with Gasteiger partial charge in [0.1, 0.15) is 0 Å². The second-order valence-electron chi connectivity index (χ2n) is 8.70. The Labute approximate surface area is 161 Å². The van der Waals surface area contributed by atoms with Gasteiger partial charge in [-0.3, -0.25) is 9.78 Å². The van der Waals surface area contributed by atoms with Gasteiger partial charge >= 0.3 is 0 Å². The summed E-state index contributed by atoms with van der Waals surface area (Å²) in [4.78, 5) is 19.4. The van der Waals surface area contributed by atoms with Crippen LogP contribution < -0.4 is 0 Å². The smallest absolute Gasteiger partial charge is 0.254 e. The molecule has 27 heavy (non-hydrogen) atoms. The molecule has 2 aromatic rings. The minimum atomic E-state index is -1.76. The molecule has 1 amide bonds. The third kappa shape index (κ3) is 2.95. The summed E-state index contributed by atoms with van der Waals surface area (Å²) in [5.74, 6) is -0.144. The third-order valence-electron chi connectivity index (χ3n) is 5.72. The molecule has 0 fully saturated rings. The van der Waals surface area contributed by atoms with Crippen molar-refractivity contribution in [1.29, 1.82) is 0 Å². The zero-order valence-corrected chi connectivity index (χ0v) is 17.1. The maximum atomic E-state index is 16.9. The molecule has 0 saturated carbocycles. The monoisotopic (exact) mass is 368 g/mol. The quantitative estimate of drug-likeness (QED) is 0.749. The van der Waals surface area contributed by atoms with Crippen molar-refractivity contribution in [1.82, 2.24) is 9.88 Å². The van der Waals surface area contributed by atoms with Crippen LogP contribution in [0.1, 0.15) is 68.6 Å². The number of aromatic nitrogens is 1. The van der Waals surface area contributed by atoms with Crippen LogP contribution in [0.4, 0.5) is 4.39 Å². The van der Waals surface area contributed by atoms with Gasteiger partial charge in [0.2, 0.25) is 0 Å². The number of nitrogens with zero attached hydrogens (tertiary/aromatic N) is 2. The van der Waals surface area contributed by atoms with E-state index in [0.717, 1.165) is 5.56 Å². The number of carbonyl (C=O) groups is 1. The molecule has 1 heterocycles. The van der Waals surface area contributed by atoms with Crippen LogP contribution in [0.15, 0.2) is 42.7 Å². The molecule has 0 aliphatic heterocycles. The normalized spacial score (nSPS) is 20.8. The Hall–Kier alpha value is -2.23. The number of rotatable bonds is 4. The molecular formula is C23H29FN2O. The predicted molar refractivity (Wildman–Crippen MR) is 106 cm³/mol. The molecule has 1 aromatic carbocycles. The number of benzene rings is 1. The predicted octanol–water partition coefficient (Wildman–Crippen LogP) is 5.14. The van der Waals surface area contributed by atoms with Crippen molar-refractivity contribution in [3.05, 3.63) is 65.0 Å². The highest BCUT2D eigenvalue weighted by molar-refractivity contribution is 5.96. The van der Waals surface area contributed by atoms with Crippen molar-refractivity contribution >= 4 is 5.91 Å².